The first-order chi connectivity index (χ1) is 8.99. The number of nitro benzene ring substituents is 1. The van der Waals surface area contributed by atoms with Gasteiger partial charge in [-0.05, 0) is 18.2 Å². The van der Waals surface area contributed by atoms with E-state index >= 15 is 0 Å². The summed E-state index contributed by atoms with van der Waals surface area (Å²) in [6.07, 6.45) is 0. The van der Waals surface area contributed by atoms with Crippen LogP contribution in [0.1, 0.15) is 0 Å². The Kier molecular flexibility index (Phi) is 3.33. The summed E-state index contributed by atoms with van der Waals surface area (Å²) in [5.74, 6) is -0.407. The maximum Gasteiger partial charge on any atom is 0.273 e. The van der Waals surface area contributed by atoms with Crippen LogP contribution in [0.4, 0.5) is 27.1 Å². The Balaban J connectivity index is 2.47. The van der Waals surface area contributed by atoms with Crippen molar-refractivity contribution >= 4 is 22.7 Å². The number of halogens is 1. The molecule has 0 atom stereocenters. The summed E-state index contributed by atoms with van der Waals surface area (Å²) < 4.78 is 13.7. The second-order valence-electron chi connectivity index (χ2n) is 4.05. The Morgan fingerprint density at radius 3 is 2.58 bits per heavy atom. The molecule has 2 N–H and O–H groups in total. The van der Waals surface area contributed by atoms with Gasteiger partial charge < -0.3 is 10.6 Å². The van der Waals surface area contributed by atoms with E-state index in [0.29, 0.717) is 11.4 Å². The van der Waals surface area contributed by atoms with Gasteiger partial charge in [0.25, 0.3) is 5.69 Å². The molecule has 5 nitrogen and oxygen atoms in total. The number of rotatable bonds is 3. The van der Waals surface area contributed by atoms with Crippen LogP contribution in [0.2, 0.25) is 0 Å². The van der Waals surface area contributed by atoms with E-state index in [2.05, 4.69) is 0 Å². The molecule has 2 rings (SSSR count). The lowest BCUT2D eigenvalue weighted by Gasteiger charge is -2.20. The van der Waals surface area contributed by atoms with Gasteiger partial charge >= 0.3 is 0 Å². The lowest BCUT2D eigenvalue weighted by molar-refractivity contribution is -0.384. The summed E-state index contributed by atoms with van der Waals surface area (Å²) in [6.45, 7) is 0. The van der Waals surface area contributed by atoms with Gasteiger partial charge in [-0.1, -0.05) is 12.1 Å². The predicted octanol–water partition coefficient (Wildman–Crippen LogP) is 3.08. The molecule has 0 fully saturated rings. The highest BCUT2D eigenvalue weighted by molar-refractivity contribution is 5.69. The van der Waals surface area contributed by atoms with Crippen molar-refractivity contribution in [2.45, 2.75) is 0 Å². The largest absolute Gasteiger partial charge is 0.398 e. The molecule has 98 valence electrons. The van der Waals surface area contributed by atoms with E-state index in [1.807, 2.05) is 0 Å². The minimum atomic E-state index is -0.533. The van der Waals surface area contributed by atoms with E-state index in [9.17, 15) is 14.5 Å². The number of nitrogen functional groups attached to an aromatic ring is 1. The van der Waals surface area contributed by atoms with Crippen LogP contribution in [-0.2, 0) is 0 Å². The Hall–Kier alpha value is -2.63. The number of hydrogen-bond acceptors (Lipinski definition) is 4. The zero-order chi connectivity index (χ0) is 14.0. The molecule has 2 aromatic rings. The number of hydrogen-bond donors (Lipinski definition) is 1. The molecular formula is C13H12FN3O2. The molecule has 0 heterocycles. The maximum atomic E-state index is 13.7. The molecule has 0 saturated heterocycles. The lowest BCUT2D eigenvalue weighted by Crippen LogP contribution is -2.11. The van der Waals surface area contributed by atoms with Crippen LogP contribution in [-0.4, -0.2) is 12.0 Å². The molecule has 0 aromatic heterocycles. The van der Waals surface area contributed by atoms with Crippen molar-refractivity contribution < 1.29 is 9.31 Å². The fourth-order valence-electron chi connectivity index (χ4n) is 1.78. The molecule has 0 spiro atoms. The van der Waals surface area contributed by atoms with E-state index in [4.69, 9.17) is 5.73 Å². The molecule has 2 aromatic carbocycles. The number of anilines is 3. The average molecular weight is 261 g/mol. The van der Waals surface area contributed by atoms with Crippen molar-refractivity contribution in [1.82, 2.24) is 0 Å². The Morgan fingerprint density at radius 1 is 1.26 bits per heavy atom. The molecule has 0 aliphatic carbocycles. The van der Waals surface area contributed by atoms with Crippen molar-refractivity contribution in [3.8, 4) is 0 Å². The van der Waals surface area contributed by atoms with Gasteiger partial charge in [-0.15, -0.1) is 0 Å². The molecule has 19 heavy (non-hydrogen) atoms. The van der Waals surface area contributed by atoms with Crippen LogP contribution in [0.25, 0.3) is 0 Å². The van der Waals surface area contributed by atoms with Crippen LogP contribution in [0.15, 0.2) is 42.5 Å². The van der Waals surface area contributed by atoms with Crippen molar-refractivity contribution in [3.05, 3.63) is 58.4 Å². The highest BCUT2D eigenvalue weighted by Gasteiger charge is 2.14. The smallest absolute Gasteiger partial charge is 0.273 e. The first kappa shape index (κ1) is 12.8. The molecule has 0 aliphatic rings. The van der Waals surface area contributed by atoms with E-state index in [0.717, 1.165) is 0 Å². The highest BCUT2D eigenvalue weighted by Crippen LogP contribution is 2.30. The highest BCUT2D eigenvalue weighted by atomic mass is 19.1. The topological polar surface area (TPSA) is 72.4 Å². The number of nitro groups is 1. The third-order valence-electron chi connectivity index (χ3n) is 2.74. The maximum absolute atomic E-state index is 13.7. The third-order valence-corrected chi connectivity index (χ3v) is 2.74. The number of non-ortho nitro benzene ring substituents is 1. The zero-order valence-electron chi connectivity index (χ0n) is 10.2. The van der Waals surface area contributed by atoms with Gasteiger partial charge in [-0.2, -0.15) is 0 Å². The van der Waals surface area contributed by atoms with Gasteiger partial charge in [0, 0.05) is 30.6 Å². The summed E-state index contributed by atoms with van der Waals surface area (Å²) in [5.41, 5.74) is 6.53. The van der Waals surface area contributed by atoms with Gasteiger partial charge in [0.15, 0.2) is 0 Å². The fourth-order valence-corrected chi connectivity index (χ4v) is 1.78. The zero-order valence-corrected chi connectivity index (χ0v) is 10.2. The second-order valence-corrected chi connectivity index (χ2v) is 4.05. The van der Waals surface area contributed by atoms with Crippen LogP contribution in [0.3, 0.4) is 0 Å². The summed E-state index contributed by atoms with van der Waals surface area (Å²) >= 11 is 0. The van der Waals surface area contributed by atoms with Gasteiger partial charge in [-0.3, -0.25) is 10.1 Å². The van der Waals surface area contributed by atoms with Crippen molar-refractivity contribution in [2.75, 3.05) is 17.7 Å². The quantitative estimate of drug-likeness (QED) is 0.523. The molecule has 0 saturated carbocycles. The van der Waals surface area contributed by atoms with Crippen molar-refractivity contribution in [1.29, 1.82) is 0 Å². The number of nitrogens with two attached hydrogens (primary N) is 1. The number of nitrogens with zero attached hydrogens (tertiary/aromatic N) is 2. The van der Waals surface area contributed by atoms with Crippen molar-refractivity contribution in [3.63, 3.8) is 0 Å². The molecule has 6 heteroatoms. The molecule has 0 unspecified atom stereocenters. The van der Waals surface area contributed by atoms with E-state index in [1.54, 1.807) is 31.3 Å². The minimum absolute atomic E-state index is 0.127. The van der Waals surface area contributed by atoms with Gasteiger partial charge in [-0.25, -0.2) is 4.39 Å². The first-order valence-corrected chi connectivity index (χ1v) is 5.52. The summed E-state index contributed by atoms with van der Waals surface area (Å²) in [4.78, 5) is 11.8. The standard InChI is InChI=1S/C13H12FN3O2/c1-16(13-5-3-2-4-12(13)14)10-6-9(15)7-11(8-10)17(18)19/h2-8H,15H2,1H3. The average Bonchev–Trinajstić information content (AvgIpc) is 2.37. The first-order valence-electron chi connectivity index (χ1n) is 5.52. The van der Waals surface area contributed by atoms with E-state index in [-0.39, 0.29) is 11.4 Å². The minimum Gasteiger partial charge on any atom is -0.398 e. The normalized spacial score (nSPS) is 10.2. The summed E-state index contributed by atoms with van der Waals surface area (Å²) in [5, 5.41) is 10.8. The fraction of sp³-hybridized carbons (Fsp3) is 0.0769. The SMILES string of the molecule is CN(c1cc(N)cc([N+](=O)[O-])c1)c1ccccc1F. The molecular weight excluding hydrogens is 249 g/mol. The molecule has 0 bridgehead atoms. The number of benzene rings is 2. The summed E-state index contributed by atoms with van der Waals surface area (Å²) in [6, 6.07) is 10.3. The Labute approximate surface area is 109 Å². The van der Waals surface area contributed by atoms with E-state index < -0.39 is 10.7 Å². The van der Waals surface area contributed by atoms with Crippen LogP contribution < -0.4 is 10.6 Å². The summed E-state index contributed by atoms with van der Waals surface area (Å²) in [7, 11) is 1.62. The van der Waals surface area contributed by atoms with Crippen LogP contribution in [0, 0.1) is 15.9 Å². The monoisotopic (exact) mass is 261 g/mol. The Bertz CT molecular complexity index is 631. The third kappa shape index (κ3) is 2.62. The predicted molar refractivity (Wildman–Crippen MR) is 72.0 cm³/mol. The van der Waals surface area contributed by atoms with Gasteiger partial charge in [0.05, 0.1) is 10.6 Å². The Morgan fingerprint density at radius 2 is 1.95 bits per heavy atom. The molecule has 0 amide bonds. The lowest BCUT2D eigenvalue weighted by atomic mass is 10.2. The van der Waals surface area contributed by atoms with Gasteiger partial charge in [0.2, 0.25) is 0 Å². The van der Waals surface area contributed by atoms with E-state index in [1.165, 1.54) is 23.1 Å². The number of para-hydroxylation sites is 1. The van der Waals surface area contributed by atoms with Crippen LogP contribution >= 0.6 is 0 Å². The molecule has 0 radical (unpaired) electrons. The second kappa shape index (κ2) is 4.93. The van der Waals surface area contributed by atoms with Crippen LogP contribution in [0.5, 0.6) is 0 Å². The van der Waals surface area contributed by atoms with Gasteiger partial charge in [0.1, 0.15) is 5.82 Å². The van der Waals surface area contributed by atoms with Crippen molar-refractivity contribution in [2.24, 2.45) is 0 Å². The molecule has 0 aliphatic heterocycles.